The number of amides is 2. The van der Waals surface area contributed by atoms with Crippen LogP contribution in [0.1, 0.15) is 26.3 Å². The Hall–Kier alpha value is -1.41. The second-order valence-electron chi connectivity index (χ2n) is 4.82. The average molecular weight is 414 g/mol. The molecule has 1 heterocycles. The number of rotatable bonds is 3. The molecule has 0 saturated carbocycles. The number of hydrogen-bond acceptors (Lipinski definition) is 3. The lowest BCUT2D eigenvalue weighted by Gasteiger charge is -2.13. The first kappa shape index (κ1) is 16.0. The Morgan fingerprint density at radius 3 is 2.48 bits per heavy atom. The molecule has 1 aromatic carbocycles. The van der Waals surface area contributed by atoms with E-state index in [1.165, 1.54) is 16.2 Å². The fourth-order valence-corrected chi connectivity index (χ4v) is 3.10. The molecule has 0 fully saturated rings. The highest BCUT2D eigenvalue weighted by molar-refractivity contribution is 14.1. The number of carbonyl (C=O) groups is 2. The Balaban J connectivity index is 2.25. The molecule has 21 heavy (non-hydrogen) atoms. The van der Waals surface area contributed by atoms with Crippen LogP contribution in [0.15, 0.2) is 29.6 Å². The number of aryl methyl sites for hydroxylation is 1. The Bertz CT molecular complexity index is 695. The number of nitrogens with zero attached hydrogens (tertiary/aromatic N) is 1. The molecule has 0 bridgehead atoms. The third kappa shape index (κ3) is 3.82. The van der Waals surface area contributed by atoms with E-state index in [1.54, 1.807) is 26.2 Å². The van der Waals surface area contributed by atoms with Crippen LogP contribution in [0.5, 0.6) is 0 Å². The second kappa shape index (κ2) is 6.57. The van der Waals surface area contributed by atoms with E-state index in [1.807, 2.05) is 24.4 Å². The fraction of sp³-hybridized carbons (Fsp3) is 0.200. The maximum Gasteiger partial charge on any atom is 0.256 e. The molecule has 6 heteroatoms. The number of halogens is 1. The molecule has 2 rings (SSSR count). The molecule has 1 N–H and O–H groups in total. The predicted molar refractivity (Wildman–Crippen MR) is 94.2 cm³/mol. The molecule has 0 aliphatic rings. The summed E-state index contributed by atoms with van der Waals surface area (Å²) in [5, 5.41) is 4.69. The predicted octanol–water partition coefficient (Wildman–Crippen LogP) is 3.62. The summed E-state index contributed by atoms with van der Waals surface area (Å²) < 4.78 is 1.06. The van der Waals surface area contributed by atoms with E-state index in [0.29, 0.717) is 16.8 Å². The molecule has 110 valence electrons. The van der Waals surface area contributed by atoms with Gasteiger partial charge in [0.15, 0.2) is 0 Å². The number of anilines is 1. The van der Waals surface area contributed by atoms with Gasteiger partial charge in [-0.1, -0.05) is 6.07 Å². The highest BCUT2D eigenvalue weighted by Crippen LogP contribution is 2.21. The molecular weight excluding hydrogens is 399 g/mol. The standard InChI is InChI=1S/C15H15IN2O2S/c1-9-4-5-10(15(20)18(2)3)6-12(9)17-14(19)11-7-13(16)21-8-11/h4-8H,1-3H3,(H,17,19). The first-order valence-electron chi connectivity index (χ1n) is 6.26. The number of hydrogen-bond donors (Lipinski definition) is 1. The molecule has 0 saturated heterocycles. The summed E-state index contributed by atoms with van der Waals surface area (Å²) in [5.41, 5.74) is 2.77. The second-order valence-corrected chi connectivity index (χ2v) is 7.63. The lowest BCUT2D eigenvalue weighted by Crippen LogP contribution is -2.22. The third-order valence-electron chi connectivity index (χ3n) is 2.97. The summed E-state index contributed by atoms with van der Waals surface area (Å²) in [7, 11) is 3.40. The van der Waals surface area contributed by atoms with E-state index >= 15 is 0 Å². The van der Waals surface area contributed by atoms with E-state index in [0.717, 1.165) is 8.45 Å². The molecule has 0 aliphatic carbocycles. The SMILES string of the molecule is Cc1ccc(C(=O)N(C)C)cc1NC(=O)c1csc(I)c1. The Kier molecular flexibility index (Phi) is 5.00. The van der Waals surface area contributed by atoms with Crippen molar-refractivity contribution in [3.8, 4) is 0 Å². The summed E-state index contributed by atoms with van der Waals surface area (Å²) in [6, 6.07) is 7.15. The molecule has 4 nitrogen and oxygen atoms in total. The van der Waals surface area contributed by atoms with Crippen LogP contribution in [0.4, 0.5) is 5.69 Å². The van der Waals surface area contributed by atoms with E-state index in [2.05, 4.69) is 27.9 Å². The fourth-order valence-electron chi connectivity index (χ4n) is 1.77. The van der Waals surface area contributed by atoms with Crippen LogP contribution in [0.3, 0.4) is 0 Å². The molecule has 0 aliphatic heterocycles. The molecule has 0 radical (unpaired) electrons. The lowest BCUT2D eigenvalue weighted by atomic mass is 10.1. The summed E-state index contributed by atoms with van der Waals surface area (Å²) in [6.07, 6.45) is 0. The maximum atomic E-state index is 12.2. The van der Waals surface area contributed by atoms with Gasteiger partial charge in [0, 0.05) is 30.7 Å². The van der Waals surface area contributed by atoms with Gasteiger partial charge in [0.25, 0.3) is 11.8 Å². The largest absolute Gasteiger partial charge is 0.345 e. The summed E-state index contributed by atoms with van der Waals surface area (Å²) in [6.45, 7) is 1.90. The monoisotopic (exact) mass is 414 g/mol. The smallest absolute Gasteiger partial charge is 0.256 e. The van der Waals surface area contributed by atoms with Crippen LogP contribution in [0.25, 0.3) is 0 Å². The molecule has 2 amide bonds. The van der Waals surface area contributed by atoms with Gasteiger partial charge in [0.1, 0.15) is 0 Å². The summed E-state index contributed by atoms with van der Waals surface area (Å²) in [5.74, 6) is -0.248. The van der Waals surface area contributed by atoms with E-state index in [4.69, 9.17) is 0 Å². The number of nitrogens with one attached hydrogen (secondary N) is 1. The molecule has 1 aromatic heterocycles. The van der Waals surface area contributed by atoms with Crippen LogP contribution < -0.4 is 5.32 Å². The van der Waals surface area contributed by atoms with Crippen molar-refractivity contribution in [1.29, 1.82) is 0 Å². The zero-order valence-corrected chi connectivity index (χ0v) is 14.9. The number of thiophene rings is 1. The molecule has 2 aromatic rings. The van der Waals surface area contributed by atoms with Crippen molar-refractivity contribution in [3.63, 3.8) is 0 Å². The van der Waals surface area contributed by atoms with Gasteiger partial charge in [-0.05, 0) is 53.3 Å². The van der Waals surface area contributed by atoms with Gasteiger partial charge in [-0.2, -0.15) is 0 Å². The van der Waals surface area contributed by atoms with E-state index < -0.39 is 0 Å². The third-order valence-corrected chi connectivity index (χ3v) is 4.76. The van der Waals surface area contributed by atoms with Crippen LogP contribution in [0, 0.1) is 9.81 Å². The van der Waals surface area contributed by atoms with Crippen molar-refractivity contribution in [2.24, 2.45) is 0 Å². The molecule has 0 unspecified atom stereocenters. The van der Waals surface area contributed by atoms with Crippen molar-refractivity contribution in [2.75, 3.05) is 19.4 Å². The van der Waals surface area contributed by atoms with Gasteiger partial charge >= 0.3 is 0 Å². The van der Waals surface area contributed by atoms with Gasteiger partial charge in [0.05, 0.1) is 8.45 Å². The van der Waals surface area contributed by atoms with Crippen LogP contribution in [0.2, 0.25) is 0 Å². The highest BCUT2D eigenvalue weighted by atomic mass is 127. The van der Waals surface area contributed by atoms with Crippen molar-refractivity contribution in [1.82, 2.24) is 4.90 Å². The zero-order chi connectivity index (χ0) is 15.6. The zero-order valence-electron chi connectivity index (χ0n) is 11.9. The van der Waals surface area contributed by atoms with Crippen molar-refractivity contribution < 1.29 is 9.59 Å². The Labute approximate surface area is 141 Å². The van der Waals surface area contributed by atoms with Gasteiger partial charge in [0.2, 0.25) is 0 Å². The summed E-state index contributed by atoms with van der Waals surface area (Å²) in [4.78, 5) is 25.7. The van der Waals surface area contributed by atoms with E-state index in [-0.39, 0.29) is 11.8 Å². The van der Waals surface area contributed by atoms with Gasteiger partial charge < -0.3 is 10.2 Å². The molecular formula is C15H15IN2O2S. The number of benzene rings is 1. The molecule has 0 spiro atoms. The normalized spacial score (nSPS) is 10.3. The first-order valence-corrected chi connectivity index (χ1v) is 8.22. The highest BCUT2D eigenvalue weighted by Gasteiger charge is 2.13. The van der Waals surface area contributed by atoms with Gasteiger partial charge in [-0.15, -0.1) is 11.3 Å². The minimum Gasteiger partial charge on any atom is -0.345 e. The number of carbonyl (C=O) groups excluding carboxylic acids is 2. The first-order chi connectivity index (χ1) is 9.88. The quantitative estimate of drug-likeness (QED) is 0.781. The Morgan fingerprint density at radius 2 is 1.90 bits per heavy atom. The lowest BCUT2D eigenvalue weighted by molar-refractivity contribution is 0.0827. The maximum absolute atomic E-state index is 12.2. The van der Waals surface area contributed by atoms with Crippen LogP contribution in [-0.4, -0.2) is 30.8 Å². The topological polar surface area (TPSA) is 49.4 Å². The van der Waals surface area contributed by atoms with Crippen molar-refractivity contribution in [2.45, 2.75) is 6.92 Å². The van der Waals surface area contributed by atoms with Gasteiger partial charge in [-0.25, -0.2) is 0 Å². The van der Waals surface area contributed by atoms with Crippen molar-refractivity contribution in [3.05, 3.63) is 49.2 Å². The van der Waals surface area contributed by atoms with Crippen LogP contribution >= 0.6 is 33.9 Å². The van der Waals surface area contributed by atoms with Crippen molar-refractivity contribution >= 4 is 51.4 Å². The minimum atomic E-state index is -0.160. The summed E-state index contributed by atoms with van der Waals surface area (Å²) >= 11 is 3.71. The Morgan fingerprint density at radius 1 is 1.19 bits per heavy atom. The van der Waals surface area contributed by atoms with Gasteiger partial charge in [-0.3, -0.25) is 9.59 Å². The van der Waals surface area contributed by atoms with Crippen LogP contribution in [-0.2, 0) is 0 Å². The minimum absolute atomic E-state index is 0.0874. The van der Waals surface area contributed by atoms with E-state index in [9.17, 15) is 9.59 Å². The molecule has 0 atom stereocenters. The average Bonchev–Trinajstić information content (AvgIpc) is 2.87.